The van der Waals surface area contributed by atoms with Crippen molar-refractivity contribution in [3.8, 4) is 0 Å². The molecule has 3 heteroatoms. The minimum atomic E-state index is -0.753. The molecule has 1 atom stereocenters. The van der Waals surface area contributed by atoms with E-state index in [0.29, 0.717) is 0 Å². The monoisotopic (exact) mass is 275 g/mol. The maximum Gasteiger partial charge on any atom is 0.310 e. The number of anilines is 1. The number of nitrogens with one attached hydrogen (secondary N) is 1. The van der Waals surface area contributed by atoms with Crippen LogP contribution in [0.15, 0.2) is 12.1 Å². The molecule has 3 nitrogen and oxygen atoms in total. The highest BCUT2D eigenvalue weighted by atomic mass is 16.4. The lowest BCUT2D eigenvalue weighted by molar-refractivity contribution is -0.138. The van der Waals surface area contributed by atoms with Crippen LogP contribution in [0, 0.1) is 0 Å². The van der Waals surface area contributed by atoms with Crippen LogP contribution in [0.5, 0.6) is 0 Å². The van der Waals surface area contributed by atoms with Crippen molar-refractivity contribution >= 4 is 11.7 Å². The molecule has 0 aliphatic carbocycles. The van der Waals surface area contributed by atoms with E-state index < -0.39 is 11.9 Å². The van der Waals surface area contributed by atoms with Gasteiger partial charge in [0.25, 0.3) is 0 Å². The predicted octanol–water partition coefficient (Wildman–Crippen LogP) is 3.96. The molecular formula is C17H25NO2. The Bertz CT molecular complexity index is 520. The summed E-state index contributed by atoms with van der Waals surface area (Å²) in [5.74, 6) is -1.19. The van der Waals surface area contributed by atoms with Gasteiger partial charge in [-0.25, -0.2) is 0 Å². The molecule has 0 saturated heterocycles. The van der Waals surface area contributed by atoms with Crippen molar-refractivity contribution in [2.75, 3.05) is 5.32 Å². The molecular weight excluding hydrogens is 250 g/mol. The lowest BCUT2D eigenvalue weighted by Gasteiger charge is -2.36. The van der Waals surface area contributed by atoms with E-state index in [2.05, 4.69) is 38.2 Å². The van der Waals surface area contributed by atoms with Crippen molar-refractivity contribution in [3.63, 3.8) is 0 Å². The molecule has 110 valence electrons. The first kappa shape index (κ1) is 14.9. The minimum Gasteiger partial charge on any atom is -0.481 e. The molecule has 0 radical (unpaired) electrons. The highest BCUT2D eigenvalue weighted by molar-refractivity contribution is 5.76. The van der Waals surface area contributed by atoms with E-state index in [-0.39, 0.29) is 5.54 Å². The van der Waals surface area contributed by atoms with E-state index in [0.717, 1.165) is 31.2 Å². The third kappa shape index (κ3) is 2.97. The zero-order valence-electron chi connectivity index (χ0n) is 12.9. The summed E-state index contributed by atoms with van der Waals surface area (Å²) in [4.78, 5) is 11.2. The molecule has 0 fully saturated rings. The second kappa shape index (κ2) is 5.47. The van der Waals surface area contributed by atoms with Gasteiger partial charge in [-0.2, -0.15) is 0 Å². The number of hydrogen-bond donors (Lipinski definition) is 2. The molecule has 20 heavy (non-hydrogen) atoms. The number of benzene rings is 1. The highest BCUT2D eigenvalue weighted by Crippen LogP contribution is 2.36. The maximum atomic E-state index is 11.2. The predicted molar refractivity (Wildman–Crippen MR) is 82.5 cm³/mol. The van der Waals surface area contributed by atoms with Crippen LogP contribution in [0.25, 0.3) is 0 Å². The average molecular weight is 275 g/mol. The molecule has 2 N–H and O–H groups in total. The molecule has 2 rings (SSSR count). The number of aryl methyl sites for hydroxylation is 2. The lowest BCUT2D eigenvalue weighted by Crippen LogP contribution is -2.36. The fourth-order valence-corrected chi connectivity index (χ4v) is 2.86. The Labute approximate surface area is 121 Å². The summed E-state index contributed by atoms with van der Waals surface area (Å²) >= 11 is 0. The number of carbonyl (C=O) groups is 1. The number of carboxylic acids is 1. The van der Waals surface area contributed by atoms with E-state index in [1.54, 1.807) is 6.92 Å². The van der Waals surface area contributed by atoms with Crippen LogP contribution < -0.4 is 5.32 Å². The van der Waals surface area contributed by atoms with Crippen LogP contribution in [0.1, 0.15) is 63.1 Å². The average Bonchev–Trinajstić information content (AvgIpc) is 2.37. The van der Waals surface area contributed by atoms with Crippen LogP contribution >= 0.6 is 0 Å². The minimum absolute atomic E-state index is 0.120. The van der Waals surface area contributed by atoms with Gasteiger partial charge in [-0.1, -0.05) is 25.5 Å². The van der Waals surface area contributed by atoms with Crippen molar-refractivity contribution in [3.05, 3.63) is 28.8 Å². The molecule has 1 unspecified atom stereocenters. The molecule has 0 amide bonds. The molecule has 1 aromatic rings. The van der Waals surface area contributed by atoms with Gasteiger partial charge in [-0.3, -0.25) is 4.79 Å². The molecule has 1 aliphatic rings. The van der Waals surface area contributed by atoms with Gasteiger partial charge in [-0.15, -0.1) is 0 Å². The number of rotatable bonds is 4. The van der Waals surface area contributed by atoms with Gasteiger partial charge < -0.3 is 10.4 Å². The third-order valence-corrected chi connectivity index (χ3v) is 4.20. The van der Waals surface area contributed by atoms with E-state index in [4.69, 9.17) is 0 Å². The van der Waals surface area contributed by atoms with Crippen molar-refractivity contribution in [2.45, 2.75) is 64.8 Å². The largest absolute Gasteiger partial charge is 0.481 e. The fourth-order valence-electron chi connectivity index (χ4n) is 2.86. The van der Waals surface area contributed by atoms with Crippen LogP contribution in [0.2, 0.25) is 0 Å². The van der Waals surface area contributed by atoms with Gasteiger partial charge in [0, 0.05) is 11.2 Å². The first-order valence-corrected chi connectivity index (χ1v) is 7.50. The Morgan fingerprint density at radius 3 is 2.75 bits per heavy atom. The molecule has 0 bridgehead atoms. The molecule has 1 heterocycles. The number of fused-ring (bicyclic) bond motifs is 1. The van der Waals surface area contributed by atoms with Crippen molar-refractivity contribution in [1.82, 2.24) is 0 Å². The van der Waals surface area contributed by atoms with Crippen LogP contribution in [-0.4, -0.2) is 16.6 Å². The Morgan fingerprint density at radius 2 is 2.15 bits per heavy atom. The normalized spacial score (nSPS) is 18.0. The summed E-state index contributed by atoms with van der Waals surface area (Å²) in [6, 6.07) is 4.16. The van der Waals surface area contributed by atoms with E-state index in [9.17, 15) is 9.90 Å². The van der Waals surface area contributed by atoms with Gasteiger partial charge in [0.2, 0.25) is 0 Å². The molecule has 1 aromatic carbocycles. The standard InChI is InChI=1S/C17H25NO2/c1-5-6-12-9-14(11(2)16(19)20)10-13-7-8-17(3,4)18-15(12)13/h9-11,18H,5-8H2,1-4H3,(H,19,20). The first-order chi connectivity index (χ1) is 9.34. The summed E-state index contributed by atoms with van der Waals surface area (Å²) in [7, 11) is 0. The summed E-state index contributed by atoms with van der Waals surface area (Å²) in [5.41, 5.74) is 4.83. The van der Waals surface area contributed by atoms with Gasteiger partial charge in [0.1, 0.15) is 0 Å². The maximum absolute atomic E-state index is 11.2. The Kier molecular flexibility index (Phi) is 4.07. The Hall–Kier alpha value is -1.51. The van der Waals surface area contributed by atoms with Gasteiger partial charge >= 0.3 is 5.97 Å². The first-order valence-electron chi connectivity index (χ1n) is 7.50. The SMILES string of the molecule is CCCc1cc(C(C)C(=O)O)cc2c1NC(C)(C)CC2. The van der Waals surface area contributed by atoms with Crippen molar-refractivity contribution in [1.29, 1.82) is 0 Å². The molecule has 0 aromatic heterocycles. The number of aliphatic carboxylic acids is 1. The molecule has 0 spiro atoms. The van der Waals surface area contributed by atoms with E-state index in [1.807, 2.05) is 0 Å². The smallest absolute Gasteiger partial charge is 0.310 e. The molecule has 1 aliphatic heterocycles. The lowest BCUT2D eigenvalue weighted by atomic mass is 9.84. The van der Waals surface area contributed by atoms with E-state index >= 15 is 0 Å². The van der Waals surface area contributed by atoms with E-state index in [1.165, 1.54) is 16.8 Å². The summed E-state index contributed by atoms with van der Waals surface area (Å²) in [5, 5.41) is 12.9. The zero-order chi connectivity index (χ0) is 14.9. The van der Waals surface area contributed by atoms with Crippen LogP contribution in [-0.2, 0) is 17.6 Å². The summed E-state index contributed by atoms with van der Waals surface area (Å²) in [6.07, 6.45) is 4.16. The number of hydrogen-bond acceptors (Lipinski definition) is 2. The Balaban J connectivity index is 2.47. The molecule has 0 saturated carbocycles. The quantitative estimate of drug-likeness (QED) is 0.874. The van der Waals surface area contributed by atoms with Gasteiger partial charge in [0.15, 0.2) is 0 Å². The van der Waals surface area contributed by atoms with Crippen molar-refractivity contribution in [2.24, 2.45) is 0 Å². The highest BCUT2D eigenvalue weighted by Gasteiger charge is 2.27. The second-order valence-corrected chi connectivity index (χ2v) is 6.53. The van der Waals surface area contributed by atoms with Gasteiger partial charge in [0.05, 0.1) is 5.92 Å². The fraction of sp³-hybridized carbons (Fsp3) is 0.588. The number of carboxylic acid groups (broad SMARTS) is 1. The van der Waals surface area contributed by atoms with Crippen LogP contribution in [0.3, 0.4) is 0 Å². The summed E-state index contributed by atoms with van der Waals surface area (Å²) in [6.45, 7) is 8.37. The second-order valence-electron chi connectivity index (χ2n) is 6.53. The van der Waals surface area contributed by atoms with Gasteiger partial charge in [-0.05, 0) is 56.7 Å². The van der Waals surface area contributed by atoms with Crippen LogP contribution in [0.4, 0.5) is 5.69 Å². The third-order valence-electron chi connectivity index (χ3n) is 4.20. The van der Waals surface area contributed by atoms with Crippen molar-refractivity contribution < 1.29 is 9.90 Å². The summed E-state index contributed by atoms with van der Waals surface area (Å²) < 4.78 is 0. The zero-order valence-corrected chi connectivity index (χ0v) is 12.9. The topological polar surface area (TPSA) is 49.3 Å². The Morgan fingerprint density at radius 1 is 1.45 bits per heavy atom.